The lowest BCUT2D eigenvalue weighted by molar-refractivity contribution is 0.563. The molecule has 1 aromatic heterocycles. The van der Waals surface area contributed by atoms with Crippen molar-refractivity contribution in [1.29, 1.82) is 0 Å². The van der Waals surface area contributed by atoms with E-state index >= 15 is 0 Å². The number of benzene rings is 1. The molecule has 0 radical (unpaired) electrons. The van der Waals surface area contributed by atoms with Gasteiger partial charge >= 0.3 is 0 Å². The Labute approximate surface area is 108 Å². The quantitative estimate of drug-likeness (QED) is 0.772. The van der Waals surface area contributed by atoms with Gasteiger partial charge in [0, 0.05) is 15.8 Å². The van der Waals surface area contributed by atoms with Gasteiger partial charge in [-0.2, -0.15) is 0 Å². The van der Waals surface area contributed by atoms with E-state index in [0.29, 0.717) is 6.04 Å². The highest BCUT2D eigenvalue weighted by Gasteiger charge is 2.28. The molecule has 2 nitrogen and oxygen atoms in total. The zero-order valence-electron chi connectivity index (χ0n) is 9.04. The average molecular weight is 258 g/mol. The van der Waals surface area contributed by atoms with Gasteiger partial charge in [0.2, 0.25) is 0 Å². The zero-order valence-corrected chi connectivity index (χ0v) is 10.7. The van der Waals surface area contributed by atoms with Crippen LogP contribution in [0.25, 0.3) is 10.1 Å². The fraction of sp³-hybridized carbons (Fsp3) is 0.154. The van der Waals surface area contributed by atoms with E-state index in [1.165, 1.54) is 15.0 Å². The van der Waals surface area contributed by atoms with Gasteiger partial charge in [0.15, 0.2) is 5.17 Å². The molecule has 4 rings (SSSR count). The molecule has 1 unspecified atom stereocenters. The maximum absolute atomic E-state index is 4.77. The number of nitrogens with zero attached hydrogens (tertiary/aromatic N) is 2. The van der Waals surface area contributed by atoms with Crippen molar-refractivity contribution in [3.63, 3.8) is 0 Å². The van der Waals surface area contributed by atoms with E-state index in [1.807, 2.05) is 11.3 Å². The number of hydrogen-bond acceptors (Lipinski definition) is 4. The fourth-order valence-corrected chi connectivity index (χ4v) is 4.10. The molecule has 1 atom stereocenters. The third kappa shape index (κ3) is 1.51. The molecular formula is C13H10N2S2. The zero-order chi connectivity index (χ0) is 11.2. The predicted octanol–water partition coefficient (Wildman–Crippen LogP) is 3.83. The van der Waals surface area contributed by atoms with Crippen LogP contribution in [0.4, 0.5) is 0 Å². The Bertz CT molecular complexity index is 609. The van der Waals surface area contributed by atoms with Gasteiger partial charge in [-0.1, -0.05) is 30.0 Å². The van der Waals surface area contributed by atoms with Crippen LogP contribution in [-0.4, -0.2) is 16.6 Å². The number of thioether (sulfide) groups is 1. The van der Waals surface area contributed by atoms with Crippen molar-refractivity contribution in [3.05, 3.63) is 46.8 Å². The molecule has 17 heavy (non-hydrogen) atoms. The molecule has 3 heterocycles. The second-order valence-corrected chi connectivity index (χ2v) is 6.16. The number of rotatable bonds is 1. The summed E-state index contributed by atoms with van der Waals surface area (Å²) in [6, 6.07) is 11.1. The van der Waals surface area contributed by atoms with Crippen molar-refractivity contribution < 1.29 is 0 Å². The number of aliphatic imine (C=N–C) groups is 1. The molecule has 0 spiro atoms. The molecule has 0 amide bonds. The number of hydrogen-bond donors (Lipinski definition) is 0. The maximum Gasteiger partial charge on any atom is 0.168 e. The maximum atomic E-state index is 4.77. The third-order valence-corrected chi connectivity index (χ3v) is 5.09. The molecule has 2 aliphatic rings. The summed E-state index contributed by atoms with van der Waals surface area (Å²) < 4.78 is 1.36. The highest BCUT2D eigenvalue weighted by Crippen LogP contribution is 2.37. The lowest BCUT2D eigenvalue weighted by Gasteiger charge is -2.08. The van der Waals surface area contributed by atoms with Gasteiger partial charge in [-0.25, -0.2) is 0 Å². The monoisotopic (exact) mass is 258 g/mol. The Morgan fingerprint density at radius 3 is 3.12 bits per heavy atom. The van der Waals surface area contributed by atoms with Crippen LogP contribution >= 0.6 is 23.1 Å². The van der Waals surface area contributed by atoms with Crippen molar-refractivity contribution in [2.75, 3.05) is 6.54 Å². The van der Waals surface area contributed by atoms with E-state index in [-0.39, 0.29) is 0 Å². The van der Waals surface area contributed by atoms with E-state index in [4.69, 9.17) is 4.99 Å². The fourth-order valence-electron chi connectivity index (χ4n) is 2.22. The van der Waals surface area contributed by atoms with Gasteiger partial charge in [0.1, 0.15) is 6.04 Å². The van der Waals surface area contributed by atoms with E-state index in [1.54, 1.807) is 11.8 Å². The highest BCUT2D eigenvalue weighted by molar-refractivity contribution is 8.16. The molecule has 2 aromatic rings. The van der Waals surface area contributed by atoms with E-state index in [2.05, 4.69) is 46.8 Å². The molecule has 0 bridgehead atoms. The number of fused-ring (bicyclic) bond motifs is 2. The molecule has 0 N–H and O–H groups in total. The molecule has 0 saturated carbocycles. The molecular weight excluding hydrogens is 248 g/mol. The minimum Gasteiger partial charge on any atom is -0.325 e. The highest BCUT2D eigenvalue weighted by atomic mass is 32.2. The van der Waals surface area contributed by atoms with E-state index < -0.39 is 0 Å². The SMILES string of the molecule is C1=CN2CC(c3cc4ccccc4s3)N=C2S1. The molecule has 2 aliphatic heterocycles. The second kappa shape index (κ2) is 3.62. The van der Waals surface area contributed by atoms with Crippen molar-refractivity contribution in [3.8, 4) is 0 Å². The second-order valence-electron chi connectivity index (χ2n) is 4.17. The van der Waals surface area contributed by atoms with Crippen LogP contribution in [0.15, 0.2) is 46.9 Å². The van der Waals surface area contributed by atoms with Crippen molar-refractivity contribution in [2.45, 2.75) is 6.04 Å². The summed E-state index contributed by atoms with van der Waals surface area (Å²) in [6.45, 7) is 0.992. The summed E-state index contributed by atoms with van der Waals surface area (Å²) in [5.74, 6) is 0. The third-order valence-electron chi connectivity index (χ3n) is 3.07. The van der Waals surface area contributed by atoms with Crippen molar-refractivity contribution >= 4 is 38.4 Å². The van der Waals surface area contributed by atoms with Crippen LogP contribution in [-0.2, 0) is 0 Å². The smallest absolute Gasteiger partial charge is 0.168 e. The Kier molecular flexibility index (Phi) is 2.07. The standard InChI is InChI=1S/C13H10N2S2/c1-2-4-11-9(3-1)7-12(17-11)10-8-15-5-6-16-13(15)14-10/h1-7,10H,8H2. The Morgan fingerprint density at radius 2 is 2.24 bits per heavy atom. The Balaban J connectivity index is 1.74. The van der Waals surface area contributed by atoms with E-state index in [9.17, 15) is 0 Å². The van der Waals surface area contributed by atoms with Gasteiger partial charge in [-0.05, 0) is 22.9 Å². The predicted molar refractivity (Wildman–Crippen MR) is 75.4 cm³/mol. The largest absolute Gasteiger partial charge is 0.325 e. The normalized spacial score (nSPS) is 22.2. The summed E-state index contributed by atoms with van der Waals surface area (Å²) in [4.78, 5) is 8.38. The van der Waals surface area contributed by atoms with Crippen LogP contribution in [0, 0.1) is 0 Å². The molecule has 0 aliphatic carbocycles. The first-order valence-electron chi connectivity index (χ1n) is 5.56. The Morgan fingerprint density at radius 1 is 1.29 bits per heavy atom. The molecule has 4 heteroatoms. The summed E-state index contributed by atoms with van der Waals surface area (Å²) in [5.41, 5.74) is 0. The minimum atomic E-state index is 0.319. The average Bonchev–Trinajstić information content (AvgIpc) is 3.01. The van der Waals surface area contributed by atoms with Crippen LogP contribution in [0.1, 0.15) is 10.9 Å². The van der Waals surface area contributed by atoms with Gasteiger partial charge in [-0.15, -0.1) is 11.3 Å². The number of thiophene rings is 1. The summed E-state index contributed by atoms with van der Waals surface area (Å²) in [5, 5.41) is 4.58. The van der Waals surface area contributed by atoms with Crippen LogP contribution in [0.5, 0.6) is 0 Å². The lowest BCUT2D eigenvalue weighted by atomic mass is 10.2. The first-order valence-corrected chi connectivity index (χ1v) is 7.26. The summed E-state index contributed by atoms with van der Waals surface area (Å²) in [6.07, 6.45) is 2.12. The molecule has 0 saturated heterocycles. The van der Waals surface area contributed by atoms with Gasteiger partial charge in [0.25, 0.3) is 0 Å². The van der Waals surface area contributed by atoms with E-state index in [0.717, 1.165) is 11.7 Å². The first kappa shape index (κ1) is 9.74. The van der Waals surface area contributed by atoms with Gasteiger partial charge < -0.3 is 4.90 Å². The first-order chi connectivity index (χ1) is 8.40. The molecule has 0 fully saturated rings. The summed E-state index contributed by atoms with van der Waals surface area (Å²) in [7, 11) is 0. The van der Waals surface area contributed by atoms with Crippen LogP contribution in [0.2, 0.25) is 0 Å². The molecule has 1 aromatic carbocycles. The van der Waals surface area contributed by atoms with Gasteiger partial charge in [0.05, 0.1) is 6.54 Å². The molecule has 84 valence electrons. The minimum absolute atomic E-state index is 0.319. The van der Waals surface area contributed by atoms with Crippen LogP contribution in [0.3, 0.4) is 0 Å². The number of amidine groups is 1. The lowest BCUT2D eigenvalue weighted by Crippen LogP contribution is -2.15. The summed E-state index contributed by atoms with van der Waals surface area (Å²) >= 11 is 3.58. The van der Waals surface area contributed by atoms with Crippen molar-refractivity contribution in [2.24, 2.45) is 4.99 Å². The van der Waals surface area contributed by atoms with Crippen molar-refractivity contribution in [1.82, 2.24) is 4.90 Å². The Hall–Kier alpha value is -1.26. The van der Waals surface area contributed by atoms with Crippen LogP contribution < -0.4 is 0 Å². The van der Waals surface area contributed by atoms with Gasteiger partial charge in [-0.3, -0.25) is 4.99 Å². The topological polar surface area (TPSA) is 15.6 Å².